The van der Waals surface area contributed by atoms with Crippen LogP contribution >= 0.6 is 39.0 Å². The van der Waals surface area contributed by atoms with Crippen LogP contribution < -0.4 is 5.56 Å². The van der Waals surface area contributed by atoms with Crippen LogP contribution in [0, 0.1) is 0 Å². The van der Waals surface area contributed by atoms with Crippen molar-refractivity contribution >= 4 is 55.7 Å². The molecule has 3 aromatic rings. The van der Waals surface area contributed by atoms with Crippen LogP contribution in [0.15, 0.2) is 50.1 Å². The van der Waals surface area contributed by atoms with E-state index in [1.54, 1.807) is 24.3 Å². The number of hydrogen-bond donors (Lipinski definition) is 1. The monoisotopic (exact) mass is 452 g/mol. The number of carbonyl (C=O) groups excluding carboxylic acids is 1. The van der Waals surface area contributed by atoms with Gasteiger partial charge in [0.2, 0.25) is 0 Å². The lowest BCUT2D eigenvalue weighted by Crippen LogP contribution is -2.29. The van der Waals surface area contributed by atoms with E-state index in [0.29, 0.717) is 27.4 Å². The number of para-hydroxylation sites is 1. The summed E-state index contributed by atoms with van der Waals surface area (Å²) in [5.41, 5.74) is 0.403. The molecule has 0 saturated carbocycles. The van der Waals surface area contributed by atoms with E-state index < -0.39 is 0 Å². The second kappa shape index (κ2) is 8.47. The molecule has 0 saturated heterocycles. The molecule has 136 valence electrons. The van der Waals surface area contributed by atoms with Crippen molar-refractivity contribution in [2.24, 2.45) is 0 Å². The summed E-state index contributed by atoms with van der Waals surface area (Å²) in [5, 5.41) is 10.7. The van der Waals surface area contributed by atoms with Crippen LogP contribution in [0.4, 0.5) is 0 Å². The Morgan fingerprint density at radius 3 is 2.77 bits per heavy atom. The zero-order valence-electron chi connectivity index (χ0n) is 14.0. The first-order valence-corrected chi connectivity index (χ1v) is 10.7. The van der Waals surface area contributed by atoms with Gasteiger partial charge in [0.25, 0.3) is 5.56 Å². The normalized spacial score (nSPS) is 12.4. The van der Waals surface area contributed by atoms with Crippen LogP contribution in [-0.4, -0.2) is 32.8 Å². The molecule has 0 aliphatic heterocycles. The molecular weight excluding hydrogens is 436 g/mol. The molecule has 0 amide bonds. The van der Waals surface area contributed by atoms with Gasteiger partial charge in [-0.05, 0) is 46.6 Å². The summed E-state index contributed by atoms with van der Waals surface area (Å²) < 4.78 is 2.42. The molecule has 2 aromatic heterocycles. The summed E-state index contributed by atoms with van der Waals surface area (Å²) >= 11 is 5.97. The Hall–Kier alpha value is -1.48. The number of Topliss-reactive ketones (excluding diaryl/α,β-unsaturated/α-hetero) is 1. The second-order valence-corrected chi connectivity index (χ2v) is 9.05. The van der Waals surface area contributed by atoms with Crippen molar-refractivity contribution in [1.29, 1.82) is 0 Å². The molecule has 0 fully saturated rings. The van der Waals surface area contributed by atoms with Gasteiger partial charge in [0.15, 0.2) is 10.9 Å². The molecule has 0 bridgehead atoms. The Kier molecular flexibility index (Phi) is 6.29. The van der Waals surface area contributed by atoms with Crippen LogP contribution in [0.5, 0.6) is 0 Å². The maximum atomic E-state index is 12.9. The smallest absolute Gasteiger partial charge is 0.262 e. The highest BCUT2D eigenvalue weighted by Gasteiger charge is 2.19. The zero-order valence-corrected chi connectivity index (χ0v) is 17.2. The number of aliphatic hydroxyl groups excluding tert-OH is 1. The highest BCUT2D eigenvalue weighted by Crippen LogP contribution is 2.26. The SMILES string of the molecule is CCC(CO)n1c(SCC(=O)c2ccc(Br)s2)nc2ccccc2c1=O. The van der Waals surface area contributed by atoms with E-state index in [2.05, 4.69) is 20.9 Å². The number of ketones is 1. The fourth-order valence-electron chi connectivity index (χ4n) is 2.61. The topological polar surface area (TPSA) is 72.2 Å². The van der Waals surface area contributed by atoms with Gasteiger partial charge in [-0.1, -0.05) is 30.8 Å². The first-order valence-electron chi connectivity index (χ1n) is 8.08. The number of fused-ring (bicyclic) bond motifs is 1. The zero-order chi connectivity index (χ0) is 18.7. The summed E-state index contributed by atoms with van der Waals surface area (Å²) in [6, 6.07) is 10.4. The first-order chi connectivity index (χ1) is 12.5. The molecule has 3 rings (SSSR count). The number of nitrogens with zero attached hydrogens (tertiary/aromatic N) is 2. The van der Waals surface area contributed by atoms with Crippen LogP contribution in [0.25, 0.3) is 10.9 Å². The van der Waals surface area contributed by atoms with Crippen LogP contribution in [0.3, 0.4) is 0 Å². The summed E-state index contributed by atoms with van der Waals surface area (Å²) in [7, 11) is 0. The van der Waals surface area contributed by atoms with Gasteiger partial charge in [-0.3, -0.25) is 14.2 Å². The van der Waals surface area contributed by atoms with E-state index >= 15 is 0 Å². The quantitative estimate of drug-likeness (QED) is 0.331. The van der Waals surface area contributed by atoms with Gasteiger partial charge in [0, 0.05) is 0 Å². The average Bonchev–Trinajstić information content (AvgIpc) is 3.09. The Bertz CT molecular complexity index is 996. The molecule has 1 atom stereocenters. The maximum absolute atomic E-state index is 12.9. The minimum absolute atomic E-state index is 0.0169. The largest absolute Gasteiger partial charge is 0.394 e. The lowest BCUT2D eigenvalue weighted by Gasteiger charge is -2.19. The van der Waals surface area contributed by atoms with Crippen molar-refractivity contribution in [3.8, 4) is 0 Å². The predicted octanol–water partition coefficient (Wildman–Crippen LogP) is 4.14. The van der Waals surface area contributed by atoms with Crippen LogP contribution in [0.2, 0.25) is 0 Å². The fraction of sp³-hybridized carbons (Fsp3) is 0.278. The first kappa shape index (κ1) is 19.3. The van der Waals surface area contributed by atoms with E-state index in [9.17, 15) is 14.7 Å². The Morgan fingerprint density at radius 2 is 2.12 bits per heavy atom. The number of aromatic nitrogens is 2. The fourth-order valence-corrected chi connectivity index (χ4v) is 4.97. The molecule has 1 unspecified atom stereocenters. The van der Waals surface area contributed by atoms with Crippen LogP contribution in [-0.2, 0) is 0 Å². The molecule has 0 radical (unpaired) electrons. The average molecular weight is 453 g/mol. The van der Waals surface area contributed by atoms with Gasteiger partial charge < -0.3 is 5.11 Å². The van der Waals surface area contributed by atoms with E-state index in [1.807, 2.05) is 19.1 Å². The van der Waals surface area contributed by atoms with E-state index in [1.165, 1.54) is 27.7 Å². The van der Waals surface area contributed by atoms with Gasteiger partial charge in [0.05, 0.1) is 38.0 Å². The number of thioether (sulfide) groups is 1. The van der Waals surface area contributed by atoms with Crippen molar-refractivity contribution in [2.45, 2.75) is 24.5 Å². The van der Waals surface area contributed by atoms with E-state index in [4.69, 9.17) is 0 Å². The van der Waals surface area contributed by atoms with Crippen molar-refractivity contribution in [2.75, 3.05) is 12.4 Å². The lowest BCUT2D eigenvalue weighted by molar-refractivity contribution is 0.102. The Morgan fingerprint density at radius 1 is 1.35 bits per heavy atom. The maximum Gasteiger partial charge on any atom is 0.262 e. The van der Waals surface area contributed by atoms with E-state index in [-0.39, 0.29) is 29.7 Å². The summed E-state index contributed by atoms with van der Waals surface area (Å²) in [6.07, 6.45) is 0.593. The molecular formula is C18H17BrN2O3S2. The van der Waals surface area contributed by atoms with Gasteiger partial charge >= 0.3 is 0 Å². The number of thiophene rings is 1. The summed E-state index contributed by atoms with van der Waals surface area (Å²) in [4.78, 5) is 30.6. The number of benzene rings is 1. The van der Waals surface area contributed by atoms with Crippen molar-refractivity contribution < 1.29 is 9.90 Å². The second-order valence-electron chi connectivity index (χ2n) is 5.65. The van der Waals surface area contributed by atoms with Gasteiger partial charge in [-0.2, -0.15) is 0 Å². The Balaban J connectivity index is 1.99. The molecule has 1 N–H and O–H groups in total. The number of carbonyl (C=O) groups is 1. The predicted molar refractivity (Wildman–Crippen MR) is 109 cm³/mol. The Labute approximate surface area is 167 Å². The minimum Gasteiger partial charge on any atom is -0.394 e. The van der Waals surface area contributed by atoms with Gasteiger partial charge in [0.1, 0.15) is 0 Å². The minimum atomic E-state index is -0.368. The third-order valence-electron chi connectivity index (χ3n) is 4.00. The van der Waals surface area contributed by atoms with Crippen molar-refractivity contribution in [3.05, 3.63) is 55.4 Å². The van der Waals surface area contributed by atoms with E-state index in [0.717, 1.165) is 3.79 Å². The third-order valence-corrected chi connectivity index (χ3v) is 6.62. The van der Waals surface area contributed by atoms with Gasteiger partial charge in [-0.25, -0.2) is 4.98 Å². The highest BCUT2D eigenvalue weighted by molar-refractivity contribution is 9.11. The molecule has 1 aromatic carbocycles. The molecule has 0 spiro atoms. The lowest BCUT2D eigenvalue weighted by atomic mass is 10.2. The number of aliphatic hydroxyl groups is 1. The summed E-state index contributed by atoms with van der Waals surface area (Å²) in [6.45, 7) is 1.75. The molecule has 26 heavy (non-hydrogen) atoms. The molecule has 5 nitrogen and oxygen atoms in total. The number of rotatable bonds is 7. The van der Waals surface area contributed by atoms with Crippen molar-refractivity contribution in [3.63, 3.8) is 0 Å². The van der Waals surface area contributed by atoms with Crippen LogP contribution in [0.1, 0.15) is 29.1 Å². The number of halogens is 1. The van der Waals surface area contributed by atoms with Crippen molar-refractivity contribution in [1.82, 2.24) is 9.55 Å². The molecule has 8 heteroatoms. The van der Waals surface area contributed by atoms with Gasteiger partial charge in [-0.15, -0.1) is 11.3 Å². The standard InChI is InChI=1S/C18H17BrN2O3S2/c1-2-11(9-22)21-17(24)12-5-3-4-6-13(12)20-18(21)25-10-14(23)15-7-8-16(19)26-15/h3-8,11,22H,2,9-10H2,1H3. The number of hydrogen-bond acceptors (Lipinski definition) is 6. The molecule has 0 aliphatic carbocycles. The molecule has 2 heterocycles. The highest BCUT2D eigenvalue weighted by atomic mass is 79.9. The third kappa shape index (κ3) is 3.93. The molecule has 0 aliphatic rings. The summed E-state index contributed by atoms with van der Waals surface area (Å²) in [5.74, 6) is 0.163.